The summed E-state index contributed by atoms with van der Waals surface area (Å²) in [6, 6.07) is 14.9. The summed E-state index contributed by atoms with van der Waals surface area (Å²) in [5.41, 5.74) is 3.44. The molecule has 0 bridgehead atoms. The van der Waals surface area contributed by atoms with Crippen molar-refractivity contribution >= 4 is 31.4 Å². The van der Waals surface area contributed by atoms with Crippen molar-refractivity contribution in [3.8, 4) is 0 Å². The molecule has 0 heterocycles. The Morgan fingerprint density at radius 2 is 1.03 bits per heavy atom. The highest BCUT2D eigenvalue weighted by Crippen LogP contribution is 2.13. The lowest BCUT2D eigenvalue weighted by atomic mass is 10.1. The highest BCUT2D eigenvalue weighted by atomic mass is 32.2. The molecule has 9 heteroatoms. The molecular weight excluding hydrogens is 410 g/mol. The fourth-order valence-electron chi connectivity index (χ4n) is 2.91. The highest BCUT2D eigenvalue weighted by Gasteiger charge is 2.06. The Morgan fingerprint density at radius 1 is 0.690 bits per heavy atom. The van der Waals surface area contributed by atoms with E-state index in [1.165, 1.54) is 0 Å². The molecule has 2 rings (SSSR count). The first kappa shape index (κ1) is 23.2. The average Bonchev–Trinajstić information content (AvgIpc) is 2.62. The van der Waals surface area contributed by atoms with E-state index in [9.17, 15) is 16.8 Å². The van der Waals surface area contributed by atoms with Gasteiger partial charge in [-0.15, -0.1) is 0 Å². The Labute approximate surface area is 174 Å². The lowest BCUT2D eigenvalue weighted by Crippen LogP contribution is -2.28. The summed E-state index contributed by atoms with van der Waals surface area (Å²) >= 11 is 0. The highest BCUT2D eigenvalue weighted by molar-refractivity contribution is 7.92. The molecule has 2 aromatic rings. The number of nitrogens with zero attached hydrogens (tertiary/aromatic N) is 1. The van der Waals surface area contributed by atoms with Gasteiger partial charge in [-0.3, -0.25) is 9.44 Å². The Bertz CT molecular complexity index is 906. The molecule has 0 aliphatic carbocycles. The zero-order chi connectivity index (χ0) is 21.5. The molecule has 0 atom stereocenters. The van der Waals surface area contributed by atoms with Crippen LogP contribution in [0.1, 0.15) is 18.1 Å². The number of anilines is 2. The van der Waals surface area contributed by atoms with Crippen LogP contribution in [0.15, 0.2) is 48.5 Å². The van der Waals surface area contributed by atoms with Crippen LogP contribution in [0.2, 0.25) is 0 Å². The van der Waals surface area contributed by atoms with Gasteiger partial charge in [0.05, 0.1) is 12.5 Å². The van der Waals surface area contributed by atoms with E-state index >= 15 is 0 Å². The molecule has 160 valence electrons. The van der Waals surface area contributed by atoms with E-state index in [0.717, 1.165) is 56.1 Å². The van der Waals surface area contributed by atoms with Crippen LogP contribution < -0.4 is 9.44 Å². The van der Waals surface area contributed by atoms with Gasteiger partial charge in [0, 0.05) is 24.5 Å². The maximum atomic E-state index is 11.3. The second-order valence-electron chi connectivity index (χ2n) is 7.08. The van der Waals surface area contributed by atoms with E-state index in [1.54, 1.807) is 24.3 Å². The number of benzene rings is 2. The molecule has 29 heavy (non-hydrogen) atoms. The molecule has 2 aromatic carbocycles. The molecule has 0 unspecified atom stereocenters. The van der Waals surface area contributed by atoms with Crippen LogP contribution in [0.25, 0.3) is 0 Å². The summed E-state index contributed by atoms with van der Waals surface area (Å²) in [6.45, 7) is 4.87. The predicted octanol–water partition coefficient (Wildman–Crippen LogP) is 2.54. The minimum atomic E-state index is -3.26. The zero-order valence-corrected chi connectivity index (χ0v) is 18.7. The van der Waals surface area contributed by atoms with Gasteiger partial charge >= 0.3 is 0 Å². The van der Waals surface area contributed by atoms with Crippen LogP contribution in [0.4, 0.5) is 11.4 Å². The van der Waals surface area contributed by atoms with Crippen molar-refractivity contribution in [1.82, 2.24) is 4.90 Å². The molecule has 0 aliphatic rings. The molecule has 0 amide bonds. The van der Waals surface area contributed by atoms with E-state index in [-0.39, 0.29) is 0 Å². The van der Waals surface area contributed by atoms with Crippen LogP contribution in [0.3, 0.4) is 0 Å². The molecule has 0 fully saturated rings. The van der Waals surface area contributed by atoms with Crippen molar-refractivity contribution in [2.45, 2.75) is 19.8 Å². The first-order chi connectivity index (χ1) is 13.5. The molecule has 2 N–H and O–H groups in total. The van der Waals surface area contributed by atoms with Crippen molar-refractivity contribution in [3.63, 3.8) is 0 Å². The second-order valence-corrected chi connectivity index (χ2v) is 10.6. The number of nitrogens with one attached hydrogen (secondary N) is 2. The first-order valence-corrected chi connectivity index (χ1v) is 13.2. The fourth-order valence-corrected chi connectivity index (χ4v) is 4.04. The van der Waals surface area contributed by atoms with Crippen molar-refractivity contribution in [1.29, 1.82) is 0 Å². The Kier molecular flexibility index (Phi) is 8.06. The van der Waals surface area contributed by atoms with Crippen LogP contribution in [0.5, 0.6) is 0 Å². The van der Waals surface area contributed by atoms with Gasteiger partial charge in [0.1, 0.15) is 0 Å². The topological polar surface area (TPSA) is 95.6 Å². The third kappa shape index (κ3) is 9.29. The SMILES string of the molecule is CCN(CCc1ccc(NS(C)(=O)=O)cc1)CCc1ccc(NS(C)(=O)=O)cc1. The van der Waals surface area contributed by atoms with Gasteiger partial charge in [0.25, 0.3) is 0 Å². The summed E-state index contributed by atoms with van der Waals surface area (Å²) in [5.74, 6) is 0. The summed E-state index contributed by atoms with van der Waals surface area (Å²) in [5, 5.41) is 0. The van der Waals surface area contributed by atoms with Crippen LogP contribution in [0, 0.1) is 0 Å². The van der Waals surface area contributed by atoms with E-state index in [2.05, 4.69) is 21.3 Å². The van der Waals surface area contributed by atoms with Crippen LogP contribution in [-0.4, -0.2) is 53.9 Å². The maximum absolute atomic E-state index is 11.3. The summed E-state index contributed by atoms with van der Waals surface area (Å²) in [6.07, 6.45) is 4.03. The minimum absolute atomic E-state index is 0.567. The van der Waals surface area contributed by atoms with Crippen molar-refractivity contribution in [3.05, 3.63) is 59.7 Å². The average molecular weight is 440 g/mol. The van der Waals surface area contributed by atoms with Crippen molar-refractivity contribution < 1.29 is 16.8 Å². The van der Waals surface area contributed by atoms with Gasteiger partial charge < -0.3 is 4.90 Å². The number of rotatable bonds is 11. The van der Waals surface area contributed by atoms with Gasteiger partial charge in [-0.1, -0.05) is 31.2 Å². The van der Waals surface area contributed by atoms with E-state index in [0.29, 0.717) is 11.4 Å². The predicted molar refractivity (Wildman–Crippen MR) is 119 cm³/mol. The zero-order valence-electron chi connectivity index (χ0n) is 17.1. The molecule has 0 radical (unpaired) electrons. The first-order valence-electron chi connectivity index (χ1n) is 9.40. The van der Waals surface area contributed by atoms with Gasteiger partial charge in [-0.2, -0.15) is 0 Å². The molecule has 0 saturated heterocycles. The number of hydrogen-bond acceptors (Lipinski definition) is 5. The maximum Gasteiger partial charge on any atom is 0.229 e. The second kappa shape index (κ2) is 10.1. The van der Waals surface area contributed by atoms with Gasteiger partial charge in [-0.05, 0) is 54.8 Å². The number of likely N-dealkylation sites (N-methyl/N-ethyl adjacent to an activating group) is 1. The monoisotopic (exact) mass is 439 g/mol. The van der Waals surface area contributed by atoms with E-state index in [4.69, 9.17) is 0 Å². The molecule has 0 spiro atoms. The molecule has 0 aromatic heterocycles. The largest absolute Gasteiger partial charge is 0.303 e. The van der Waals surface area contributed by atoms with Crippen molar-refractivity contribution in [2.24, 2.45) is 0 Å². The standard InChI is InChI=1S/C20H29N3O4S2/c1-4-23(15-13-17-5-9-19(10-6-17)21-28(2,24)25)16-14-18-7-11-20(12-8-18)22-29(3,26)27/h5-12,21-22H,4,13-16H2,1-3H3. The van der Waals surface area contributed by atoms with Gasteiger partial charge in [0.15, 0.2) is 0 Å². The molecule has 7 nitrogen and oxygen atoms in total. The lowest BCUT2D eigenvalue weighted by Gasteiger charge is -2.20. The third-order valence-corrected chi connectivity index (χ3v) is 5.61. The van der Waals surface area contributed by atoms with Crippen molar-refractivity contribution in [2.75, 3.05) is 41.6 Å². The van der Waals surface area contributed by atoms with Gasteiger partial charge in [0.2, 0.25) is 20.0 Å². The normalized spacial score (nSPS) is 12.1. The Morgan fingerprint density at radius 3 is 1.31 bits per heavy atom. The fraction of sp³-hybridized carbons (Fsp3) is 0.400. The summed E-state index contributed by atoms with van der Waals surface area (Å²) in [4.78, 5) is 2.35. The Balaban J connectivity index is 1.83. The quantitative estimate of drug-likeness (QED) is 0.561. The van der Waals surface area contributed by atoms with E-state index < -0.39 is 20.0 Å². The number of hydrogen-bond donors (Lipinski definition) is 2. The number of sulfonamides is 2. The summed E-state index contributed by atoms with van der Waals surface area (Å²) < 4.78 is 50.0. The van der Waals surface area contributed by atoms with E-state index in [1.807, 2.05) is 24.3 Å². The smallest absolute Gasteiger partial charge is 0.229 e. The molecule has 0 aliphatic heterocycles. The van der Waals surface area contributed by atoms with Gasteiger partial charge in [-0.25, -0.2) is 16.8 Å². The summed E-state index contributed by atoms with van der Waals surface area (Å²) in [7, 11) is -6.51. The third-order valence-electron chi connectivity index (χ3n) is 4.39. The lowest BCUT2D eigenvalue weighted by molar-refractivity contribution is 0.295. The van der Waals surface area contributed by atoms with Crippen LogP contribution in [-0.2, 0) is 32.9 Å². The van der Waals surface area contributed by atoms with Crippen LogP contribution >= 0.6 is 0 Å². The Hall–Kier alpha value is -2.10. The molecular formula is C20H29N3O4S2. The molecule has 0 saturated carbocycles. The minimum Gasteiger partial charge on any atom is -0.303 e.